The molecule has 0 aliphatic rings. The highest BCUT2D eigenvalue weighted by atomic mass is 35.5. The molecule has 0 aliphatic heterocycles. The Labute approximate surface area is 214 Å². The van der Waals surface area contributed by atoms with E-state index in [-0.39, 0.29) is 11.3 Å². The predicted octanol–water partition coefficient (Wildman–Crippen LogP) is 4.00. The Morgan fingerprint density at radius 1 is 0.946 bits per heavy atom. The molecule has 3 aromatic carbocycles. The molecule has 1 unspecified atom stereocenters. The molecule has 0 spiro atoms. The predicted molar refractivity (Wildman–Crippen MR) is 138 cm³/mol. The van der Waals surface area contributed by atoms with Crippen LogP contribution in [0, 0.1) is 10.1 Å². The molecule has 1 atom stereocenters. The summed E-state index contributed by atoms with van der Waals surface area (Å²) in [5.41, 5.74) is 0.683. The zero-order valence-electron chi connectivity index (χ0n) is 19.2. The normalized spacial score (nSPS) is 11.9. The maximum Gasteiger partial charge on any atom is 0.328 e. The lowest BCUT2D eigenvalue weighted by Gasteiger charge is -2.19. The van der Waals surface area contributed by atoms with Gasteiger partial charge in [-0.15, -0.1) is 0 Å². The van der Waals surface area contributed by atoms with Gasteiger partial charge in [-0.25, -0.2) is 4.79 Å². The Morgan fingerprint density at radius 2 is 1.65 bits per heavy atom. The van der Waals surface area contributed by atoms with Crippen LogP contribution in [0.25, 0.3) is 10.8 Å². The number of aromatic amines is 2. The second kappa shape index (κ2) is 9.71. The minimum Gasteiger partial charge on any atom is -0.494 e. The molecule has 37 heavy (non-hydrogen) atoms. The van der Waals surface area contributed by atoms with Crippen LogP contribution in [0.3, 0.4) is 0 Å². The molecule has 0 aliphatic carbocycles. The van der Waals surface area contributed by atoms with Crippen molar-refractivity contribution in [2.75, 3.05) is 0 Å². The van der Waals surface area contributed by atoms with Gasteiger partial charge < -0.3 is 5.11 Å². The molecule has 3 N–H and O–H groups in total. The summed E-state index contributed by atoms with van der Waals surface area (Å²) in [5, 5.41) is 24.0. The molecule has 0 amide bonds. The van der Waals surface area contributed by atoms with Crippen molar-refractivity contribution in [2.24, 2.45) is 0 Å². The average molecular weight is 516 g/mol. The van der Waals surface area contributed by atoms with Crippen LogP contribution in [0.15, 0.2) is 94.8 Å². The van der Waals surface area contributed by atoms with Gasteiger partial charge in [0.05, 0.1) is 16.4 Å². The SMILES string of the molecule is O=c1[nH]c(O)c(C(c2ccc(Cl)cc2)c2c[n+](Cc3ccc([N+](=O)[O-])cc3)cc3ccccc23)c(=O)[nH]1. The zero-order chi connectivity index (χ0) is 26.1. The van der Waals surface area contributed by atoms with Crippen LogP contribution >= 0.6 is 11.6 Å². The fourth-order valence-electron chi connectivity index (χ4n) is 4.50. The summed E-state index contributed by atoms with van der Waals surface area (Å²) >= 11 is 6.12. The number of rotatable bonds is 6. The topological polar surface area (TPSA) is 133 Å². The Morgan fingerprint density at radius 3 is 2.32 bits per heavy atom. The third-order valence-corrected chi connectivity index (χ3v) is 6.41. The van der Waals surface area contributed by atoms with Crippen LogP contribution in [0.5, 0.6) is 5.88 Å². The number of pyridine rings is 1. The number of nitro groups is 1. The van der Waals surface area contributed by atoms with Crippen molar-refractivity contribution in [3.63, 3.8) is 0 Å². The maximum atomic E-state index is 13.0. The summed E-state index contributed by atoms with van der Waals surface area (Å²) in [4.78, 5) is 39.9. The number of hydrogen-bond donors (Lipinski definition) is 3. The number of hydrogen-bond acceptors (Lipinski definition) is 5. The molecule has 2 heterocycles. The summed E-state index contributed by atoms with van der Waals surface area (Å²) < 4.78 is 1.92. The van der Waals surface area contributed by atoms with E-state index in [4.69, 9.17) is 11.6 Å². The Hall–Kier alpha value is -4.76. The van der Waals surface area contributed by atoms with Crippen molar-refractivity contribution < 1.29 is 14.6 Å². The van der Waals surface area contributed by atoms with Crippen LogP contribution in [0.2, 0.25) is 5.02 Å². The van der Waals surface area contributed by atoms with E-state index < -0.39 is 28.0 Å². The maximum absolute atomic E-state index is 13.0. The van der Waals surface area contributed by atoms with Gasteiger partial charge in [0.25, 0.3) is 11.2 Å². The van der Waals surface area contributed by atoms with Crippen LogP contribution in [0.4, 0.5) is 5.69 Å². The quantitative estimate of drug-likeness (QED) is 0.178. The van der Waals surface area contributed by atoms with E-state index in [0.29, 0.717) is 22.7 Å². The summed E-state index contributed by atoms with van der Waals surface area (Å²) in [6.45, 7) is 0.400. The number of aromatic hydroxyl groups is 1. The summed E-state index contributed by atoms with van der Waals surface area (Å²) in [7, 11) is 0. The lowest BCUT2D eigenvalue weighted by atomic mass is 9.84. The largest absolute Gasteiger partial charge is 0.494 e. The number of halogens is 1. The first-order chi connectivity index (χ1) is 17.8. The van der Waals surface area contributed by atoms with Crippen molar-refractivity contribution >= 4 is 28.1 Å². The number of aromatic nitrogens is 3. The van der Waals surface area contributed by atoms with Crippen molar-refractivity contribution in [3.05, 3.63) is 143 Å². The third-order valence-electron chi connectivity index (χ3n) is 6.16. The average Bonchev–Trinajstić information content (AvgIpc) is 2.87. The van der Waals surface area contributed by atoms with Gasteiger partial charge in [-0.05, 0) is 41.3 Å². The highest BCUT2D eigenvalue weighted by Crippen LogP contribution is 2.36. The molecule has 9 nitrogen and oxygen atoms in total. The van der Waals surface area contributed by atoms with Crippen LogP contribution in [0.1, 0.15) is 28.2 Å². The number of nitrogens with zero attached hydrogens (tertiary/aromatic N) is 2. The van der Waals surface area contributed by atoms with Crippen molar-refractivity contribution in [1.82, 2.24) is 9.97 Å². The van der Waals surface area contributed by atoms with E-state index in [1.165, 1.54) is 12.1 Å². The Balaban J connectivity index is 1.73. The number of nitrogens with one attached hydrogen (secondary N) is 2. The molecule has 2 aromatic heterocycles. The third kappa shape index (κ3) is 4.85. The first-order valence-electron chi connectivity index (χ1n) is 11.3. The van der Waals surface area contributed by atoms with Gasteiger partial charge >= 0.3 is 5.69 Å². The summed E-state index contributed by atoms with van der Waals surface area (Å²) in [6, 6.07) is 20.8. The monoisotopic (exact) mass is 515 g/mol. The highest BCUT2D eigenvalue weighted by Gasteiger charge is 2.28. The van der Waals surface area contributed by atoms with E-state index in [1.807, 2.05) is 41.2 Å². The minimum absolute atomic E-state index is 0.00326. The number of H-pyrrole nitrogens is 2. The fourth-order valence-corrected chi connectivity index (χ4v) is 4.63. The van der Waals surface area contributed by atoms with Gasteiger partial charge in [-0.1, -0.05) is 41.9 Å². The molecule has 0 bridgehead atoms. The first kappa shape index (κ1) is 24.0. The van der Waals surface area contributed by atoms with Gasteiger partial charge in [-0.3, -0.25) is 24.9 Å². The molecule has 0 radical (unpaired) electrons. The van der Waals surface area contributed by atoms with Gasteiger partial charge in [0.1, 0.15) is 0 Å². The lowest BCUT2D eigenvalue weighted by molar-refractivity contribution is -0.687. The summed E-state index contributed by atoms with van der Waals surface area (Å²) in [5.74, 6) is -1.28. The molecule has 5 rings (SSSR count). The smallest absolute Gasteiger partial charge is 0.328 e. The number of non-ortho nitro benzene ring substituents is 1. The highest BCUT2D eigenvalue weighted by molar-refractivity contribution is 6.30. The molecule has 10 heteroatoms. The van der Waals surface area contributed by atoms with E-state index in [2.05, 4.69) is 9.97 Å². The molecule has 0 saturated carbocycles. The van der Waals surface area contributed by atoms with E-state index in [1.54, 1.807) is 36.4 Å². The molecule has 5 aromatic rings. The number of benzene rings is 3. The molecular weight excluding hydrogens is 496 g/mol. The zero-order valence-corrected chi connectivity index (χ0v) is 20.0. The first-order valence-corrected chi connectivity index (χ1v) is 11.6. The number of nitro benzene ring substituents is 1. The van der Waals surface area contributed by atoms with Gasteiger partial charge in [-0.2, -0.15) is 4.57 Å². The van der Waals surface area contributed by atoms with Crippen molar-refractivity contribution in [3.8, 4) is 5.88 Å². The number of fused-ring (bicyclic) bond motifs is 1. The Bertz CT molecular complexity index is 1740. The van der Waals surface area contributed by atoms with Gasteiger partial charge in [0.15, 0.2) is 18.9 Å². The van der Waals surface area contributed by atoms with Gasteiger partial charge in [0, 0.05) is 33.7 Å². The van der Waals surface area contributed by atoms with E-state index >= 15 is 0 Å². The minimum atomic E-state index is -0.813. The van der Waals surface area contributed by atoms with Crippen molar-refractivity contribution in [2.45, 2.75) is 12.5 Å². The van der Waals surface area contributed by atoms with Crippen LogP contribution < -0.4 is 15.8 Å². The molecule has 184 valence electrons. The Kier molecular flexibility index (Phi) is 6.29. The molecular formula is C27H20ClN4O5+. The van der Waals surface area contributed by atoms with Gasteiger partial charge in [0.2, 0.25) is 5.88 Å². The molecule has 0 fully saturated rings. The van der Waals surface area contributed by atoms with E-state index in [9.17, 15) is 24.8 Å². The fraction of sp³-hybridized carbons (Fsp3) is 0.0741. The van der Waals surface area contributed by atoms with Crippen LogP contribution in [-0.2, 0) is 6.54 Å². The van der Waals surface area contributed by atoms with Crippen LogP contribution in [-0.4, -0.2) is 20.0 Å². The van der Waals surface area contributed by atoms with E-state index in [0.717, 1.165) is 16.3 Å². The van der Waals surface area contributed by atoms with Crippen molar-refractivity contribution in [1.29, 1.82) is 0 Å². The second-order valence-electron chi connectivity index (χ2n) is 8.55. The second-order valence-corrected chi connectivity index (χ2v) is 8.99. The molecule has 0 saturated heterocycles. The standard InChI is InChI=1S/C27H19ClN4O5/c28-19-9-7-17(8-10-19)23(24-25(33)29-27(35)30-26(24)34)22-15-31(14-18-3-1-2-4-21(18)22)13-16-5-11-20(12-6-16)32(36)37/h1-12,14-15,23H,13H2,(H2-,29,30,33,34,35)/p+1. The lowest BCUT2D eigenvalue weighted by Crippen LogP contribution is -2.35. The summed E-state index contributed by atoms with van der Waals surface area (Å²) in [6.07, 6.45) is 3.81.